The second-order valence-corrected chi connectivity index (χ2v) is 16.0. The Morgan fingerprint density at radius 2 is 0.672 bits per heavy atom. The minimum absolute atomic E-state index is 0.111. The van der Waals surface area contributed by atoms with Crippen LogP contribution >= 0.6 is 0 Å². The van der Waals surface area contributed by atoms with Crippen LogP contribution in [0.5, 0.6) is 0 Å². The minimum atomic E-state index is -0.816. The fraction of sp³-hybridized carbons (Fsp3) is 0.655. The summed E-state index contributed by atoms with van der Waals surface area (Å²) >= 11 is 0. The summed E-state index contributed by atoms with van der Waals surface area (Å²) in [6.07, 6.45) is 63.9. The van der Waals surface area contributed by atoms with Gasteiger partial charge in [0.25, 0.3) is 0 Å². The Kier molecular flexibility index (Phi) is 46.0. The summed E-state index contributed by atoms with van der Waals surface area (Å²) in [5.41, 5.74) is 0. The molecule has 0 aromatic rings. The van der Waals surface area contributed by atoms with Gasteiger partial charge in [0.15, 0.2) is 6.10 Å². The monoisotopic (exact) mass is 847 g/mol. The number of hydrogen-bond acceptors (Lipinski definition) is 6. The molecule has 0 N–H and O–H groups in total. The Morgan fingerprint density at radius 3 is 1.11 bits per heavy atom. The van der Waals surface area contributed by atoms with Gasteiger partial charge in [-0.3, -0.25) is 14.4 Å². The number of esters is 3. The quantitative estimate of drug-likeness (QED) is 0.0263. The maximum absolute atomic E-state index is 12.8. The molecule has 0 rings (SSSR count). The predicted octanol–water partition coefficient (Wildman–Crippen LogP) is 16.2. The third-order valence-corrected chi connectivity index (χ3v) is 10.0. The summed E-state index contributed by atoms with van der Waals surface area (Å²) in [5, 5.41) is 0. The van der Waals surface area contributed by atoms with Gasteiger partial charge in [0.05, 0.1) is 0 Å². The van der Waals surface area contributed by atoms with Gasteiger partial charge in [-0.05, 0) is 109 Å². The van der Waals surface area contributed by atoms with E-state index in [2.05, 4.69) is 118 Å². The first-order chi connectivity index (χ1) is 30.0. The molecule has 0 bridgehead atoms. The molecule has 0 amide bonds. The van der Waals surface area contributed by atoms with Gasteiger partial charge in [0.2, 0.25) is 0 Å². The second kappa shape index (κ2) is 49.0. The molecular formula is C55H90O6. The zero-order valence-corrected chi connectivity index (χ0v) is 39.4. The second-order valence-electron chi connectivity index (χ2n) is 16.0. The van der Waals surface area contributed by atoms with Crippen molar-refractivity contribution in [3.8, 4) is 0 Å². The third kappa shape index (κ3) is 47.2. The van der Waals surface area contributed by atoms with E-state index in [4.69, 9.17) is 14.2 Å². The molecule has 0 aliphatic heterocycles. The number of carbonyl (C=O) groups excluding carboxylic acids is 3. The number of hydrogen-bond donors (Lipinski definition) is 0. The van der Waals surface area contributed by atoms with E-state index in [9.17, 15) is 14.4 Å². The van der Waals surface area contributed by atoms with Crippen LogP contribution in [-0.2, 0) is 28.6 Å². The van der Waals surface area contributed by atoms with Crippen molar-refractivity contribution in [2.45, 2.75) is 219 Å². The molecular weight excluding hydrogens is 757 g/mol. The highest BCUT2D eigenvalue weighted by Gasteiger charge is 2.19. The van der Waals surface area contributed by atoms with Gasteiger partial charge in [0, 0.05) is 19.3 Å². The van der Waals surface area contributed by atoms with Gasteiger partial charge in [-0.1, -0.05) is 182 Å². The van der Waals surface area contributed by atoms with Gasteiger partial charge in [-0.2, -0.15) is 0 Å². The SMILES string of the molecule is CC/C=C\C/C=C\C/C=C\CCCCCCCC(=O)OC[C@H](COC(=O)CCCCCCC/C=C\CCCC)OC(=O)CCC/C=C\C/C=C\C/C=C\C/C=C\CCCCC. The lowest BCUT2D eigenvalue weighted by atomic mass is 10.1. The van der Waals surface area contributed by atoms with Gasteiger partial charge < -0.3 is 14.2 Å². The zero-order valence-electron chi connectivity index (χ0n) is 39.4. The van der Waals surface area contributed by atoms with Crippen molar-refractivity contribution in [2.75, 3.05) is 13.2 Å². The van der Waals surface area contributed by atoms with Crippen molar-refractivity contribution < 1.29 is 28.6 Å². The van der Waals surface area contributed by atoms with E-state index in [1.807, 2.05) is 0 Å². The summed E-state index contributed by atoms with van der Waals surface area (Å²) in [6, 6.07) is 0. The molecule has 0 aliphatic rings. The highest BCUT2D eigenvalue weighted by molar-refractivity contribution is 5.71. The predicted molar refractivity (Wildman–Crippen MR) is 260 cm³/mol. The van der Waals surface area contributed by atoms with Crippen LogP contribution < -0.4 is 0 Å². The van der Waals surface area contributed by atoms with Crippen LogP contribution in [0, 0.1) is 0 Å². The summed E-state index contributed by atoms with van der Waals surface area (Å²) in [5.74, 6) is -1.00. The molecule has 0 spiro atoms. The van der Waals surface area contributed by atoms with Crippen LogP contribution in [0.25, 0.3) is 0 Å². The van der Waals surface area contributed by atoms with Crippen molar-refractivity contribution in [3.05, 3.63) is 97.2 Å². The first-order valence-electron chi connectivity index (χ1n) is 24.7. The third-order valence-electron chi connectivity index (χ3n) is 10.0. The fourth-order valence-corrected chi connectivity index (χ4v) is 6.31. The Hall–Kier alpha value is -3.67. The maximum Gasteiger partial charge on any atom is 0.306 e. The summed E-state index contributed by atoms with van der Waals surface area (Å²) < 4.78 is 16.7. The topological polar surface area (TPSA) is 78.9 Å². The largest absolute Gasteiger partial charge is 0.462 e. The average molecular weight is 847 g/mol. The highest BCUT2D eigenvalue weighted by atomic mass is 16.6. The van der Waals surface area contributed by atoms with Crippen molar-refractivity contribution in [1.29, 1.82) is 0 Å². The lowest BCUT2D eigenvalue weighted by molar-refractivity contribution is -0.167. The Morgan fingerprint density at radius 1 is 0.344 bits per heavy atom. The van der Waals surface area contributed by atoms with Crippen molar-refractivity contribution in [3.63, 3.8) is 0 Å². The number of unbranched alkanes of at least 4 members (excludes halogenated alkanes) is 16. The van der Waals surface area contributed by atoms with E-state index in [0.717, 1.165) is 116 Å². The minimum Gasteiger partial charge on any atom is -0.462 e. The lowest BCUT2D eigenvalue weighted by Gasteiger charge is -2.18. The normalized spacial score (nSPS) is 12.9. The molecule has 0 saturated carbocycles. The van der Waals surface area contributed by atoms with Gasteiger partial charge in [0.1, 0.15) is 13.2 Å². The van der Waals surface area contributed by atoms with Crippen LogP contribution in [0.15, 0.2) is 97.2 Å². The summed E-state index contributed by atoms with van der Waals surface area (Å²) in [7, 11) is 0. The van der Waals surface area contributed by atoms with Crippen molar-refractivity contribution in [1.82, 2.24) is 0 Å². The van der Waals surface area contributed by atoms with Gasteiger partial charge in [-0.15, -0.1) is 0 Å². The smallest absolute Gasteiger partial charge is 0.306 e. The first-order valence-corrected chi connectivity index (χ1v) is 24.7. The van der Waals surface area contributed by atoms with E-state index in [-0.39, 0.29) is 37.5 Å². The summed E-state index contributed by atoms with van der Waals surface area (Å²) in [4.78, 5) is 37.9. The molecule has 0 aromatic heterocycles. The molecule has 0 fully saturated rings. The first kappa shape index (κ1) is 57.3. The lowest BCUT2D eigenvalue weighted by Crippen LogP contribution is -2.30. The van der Waals surface area contributed by atoms with Gasteiger partial charge >= 0.3 is 17.9 Å². The van der Waals surface area contributed by atoms with E-state index >= 15 is 0 Å². The number of carbonyl (C=O) groups is 3. The van der Waals surface area contributed by atoms with Crippen LogP contribution in [0.3, 0.4) is 0 Å². The molecule has 0 radical (unpaired) electrons. The highest BCUT2D eigenvalue weighted by Crippen LogP contribution is 2.12. The Bertz CT molecular complexity index is 1250. The van der Waals surface area contributed by atoms with E-state index in [0.29, 0.717) is 19.3 Å². The number of rotatable bonds is 43. The number of allylic oxidation sites excluding steroid dienone is 16. The molecule has 0 saturated heterocycles. The Balaban J connectivity index is 4.52. The molecule has 61 heavy (non-hydrogen) atoms. The van der Waals surface area contributed by atoms with E-state index in [1.165, 1.54) is 51.4 Å². The van der Waals surface area contributed by atoms with Crippen LogP contribution in [0.4, 0.5) is 0 Å². The van der Waals surface area contributed by atoms with Crippen LogP contribution in [-0.4, -0.2) is 37.2 Å². The fourth-order valence-electron chi connectivity index (χ4n) is 6.31. The molecule has 0 aliphatic carbocycles. The molecule has 0 aromatic carbocycles. The van der Waals surface area contributed by atoms with E-state index < -0.39 is 6.10 Å². The molecule has 6 heteroatoms. The van der Waals surface area contributed by atoms with Crippen molar-refractivity contribution >= 4 is 17.9 Å². The molecule has 346 valence electrons. The molecule has 6 nitrogen and oxygen atoms in total. The molecule has 0 unspecified atom stereocenters. The standard InChI is InChI=1S/C55H90O6/c1-4-7-10-13-16-19-22-24-26-27-29-31-34-37-40-43-46-49-55(58)61-52(50-59-53(56)47-44-41-38-35-32-21-18-15-12-9-6-3)51-60-54(57)48-45-42-39-36-33-30-28-25-23-20-17-14-11-8-5-2/h8,11,15-20,24-26,28-29,31,37,40,52H,4-7,9-10,12-14,21-23,27,30,32-36,38-39,41-51H2,1-3H3/b11-8-,18-15-,19-16-,20-17-,26-24-,28-25-,31-29-,40-37-/t52-/m0/s1. The summed E-state index contributed by atoms with van der Waals surface area (Å²) in [6.45, 7) is 6.37. The molecule has 1 atom stereocenters. The van der Waals surface area contributed by atoms with Gasteiger partial charge in [-0.25, -0.2) is 0 Å². The van der Waals surface area contributed by atoms with Crippen molar-refractivity contribution in [2.24, 2.45) is 0 Å². The Labute approximate surface area is 375 Å². The van der Waals surface area contributed by atoms with Crippen LogP contribution in [0.1, 0.15) is 213 Å². The van der Waals surface area contributed by atoms with E-state index in [1.54, 1.807) is 0 Å². The van der Waals surface area contributed by atoms with Crippen LogP contribution in [0.2, 0.25) is 0 Å². The average Bonchev–Trinajstić information content (AvgIpc) is 3.26. The zero-order chi connectivity index (χ0) is 44.4. The maximum atomic E-state index is 12.8. The number of ether oxygens (including phenoxy) is 3. The molecule has 0 heterocycles.